The number of aromatic nitrogens is 1. The van der Waals surface area contributed by atoms with Gasteiger partial charge in [0.05, 0.1) is 24.4 Å². The molecule has 108 valence electrons. The fourth-order valence-corrected chi connectivity index (χ4v) is 2.62. The minimum Gasteiger partial charge on any atom is -0.494 e. The lowest BCUT2D eigenvalue weighted by molar-refractivity contribution is 0.0779. The molecule has 4 nitrogen and oxygen atoms in total. The van der Waals surface area contributed by atoms with Crippen LogP contribution in [0.4, 0.5) is 0 Å². The lowest BCUT2D eigenvalue weighted by Gasteiger charge is -2.16. The van der Waals surface area contributed by atoms with Crippen molar-refractivity contribution in [3.05, 3.63) is 59.4 Å². The van der Waals surface area contributed by atoms with Crippen molar-refractivity contribution in [3.63, 3.8) is 0 Å². The summed E-state index contributed by atoms with van der Waals surface area (Å²) in [6.45, 7) is 3.91. The Balaban J connectivity index is 1.69. The molecule has 0 radical (unpaired) electrons. The first-order chi connectivity index (χ1) is 10.3. The van der Waals surface area contributed by atoms with Gasteiger partial charge in [0, 0.05) is 12.7 Å². The van der Waals surface area contributed by atoms with E-state index in [-0.39, 0.29) is 5.91 Å². The Morgan fingerprint density at radius 2 is 2.10 bits per heavy atom. The predicted octanol–water partition coefficient (Wildman–Crippen LogP) is 2.68. The molecule has 0 saturated carbocycles. The summed E-state index contributed by atoms with van der Waals surface area (Å²) in [5, 5.41) is 0. The highest BCUT2D eigenvalue weighted by Gasteiger charge is 2.27. The molecule has 2 heterocycles. The molecule has 0 bridgehead atoms. The standard InChI is InChI=1S/C17H18N2O2/c1-2-21-16-8-4-3-6-13(16)9-11-19-12-15-14(17(19)20)7-5-10-18-15/h3-8,10H,2,9,11-12H2,1H3. The Morgan fingerprint density at radius 3 is 2.90 bits per heavy atom. The van der Waals surface area contributed by atoms with Crippen molar-refractivity contribution in [1.29, 1.82) is 0 Å². The monoisotopic (exact) mass is 282 g/mol. The zero-order chi connectivity index (χ0) is 14.7. The minimum absolute atomic E-state index is 0.0759. The van der Waals surface area contributed by atoms with Crippen molar-refractivity contribution < 1.29 is 9.53 Å². The molecule has 0 fully saturated rings. The topological polar surface area (TPSA) is 42.4 Å². The Morgan fingerprint density at radius 1 is 1.24 bits per heavy atom. The van der Waals surface area contributed by atoms with Crippen LogP contribution in [0.25, 0.3) is 0 Å². The summed E-state index contributed by atoms with van der Waals surface area (Å²) in [7, 11) is 0. The number of carbonyl (C=O) groups excluding carboxylic acids is 1. The maximum atomic E-state index is 12.3. The largest absolute Gasteiger partial charge is 0.494 e. The van der Waals surface area contributed by atoms with Gasteiger partial charge in [-0.15, -0.1) is 0 Å². The highest BCUT2D eigenvalue weighted by atomic mass is 16.5. The highest BCUT2D eigenvalue weighted by Crippen LogP contribution is 2.23. The molecule has 21 heavy (non-hydrogen) atoms. The number of hydrogen-bond acceptors (Lipinski definition) is 3. The highest BCUT2D eigenvalue weighted by molar-refractivity contribution is 5.97. The first-order valence-electron chi connectivity index (χ1n) is 7.23. The van der Waals surface area contributed by atoms with Gasteiger partial charge in [0.1, 0.15) is 5.75 Å². The van der Waals surface area contributed by atoms with Crippen LogP contribution in [0.2, 0.25) is 0 Å². The average Bonchev–Trinajstić information content (AvgIpc) is 2.84. The van der Waals surface area contributed by atoms with Crippen LogP contribution in [0.15, 0.2) is 42.6 Å². The van der Waals surface area contributed by atoms with Gasteiger partial charge in [-0.05, 0) is 37.1 Å². The van der Waals surface area contributed by atoms with E-state index in [0.717, 1.165) is 29.0 Å². The van der Waals surface area contributed by atoms with Crippen LogP contribution in [0.3, 0.4) is 0 Å². The number of rotatable bonds is 5. The van der Waals surface area contributed by atoms with Gasteiger partial charge in [0.15, 0.2) is 0 Å². The van der Waals surface area contributed by atoms with Crippen molar-refractivity contribution in [3.8, 4) is 5.75 Å². The van der Waals surface area contributed by atoms with Crippen LogP contribution < -0.4 is 4.74 Å². The van der Waals surface area contributed by atoms with Gasteiger partial charge in [0.25, 0.3) is 5.91 Å². The molecule has 1 aliphatic heterocycles. The van der Waals surface area contributed by atoms with Crippen molar-refractivity contribution in [2.75, 3.05) is 13.2 Å². The van der Waals surface area contributed by atoms with Gasteiger partial charge in [-0.3, -0.25) is 9.78 Å². The van der Waals surface area contributed by atoms with E-state index < -0.39 is 0 Å². The van der Waals surface area contributed by atoms with Crippen LogP contribution in [-0.2, 0) is 13.0 Å². The minimum atomic E-state index is 0.0759. The van der Waals surface area contributed by atoms with Crippen molar-refractivity contribution in [1.82, 2.24) is 9.88 Å². The van der Waals surface area contributed by atoms with Crippen LogP contribution in [-0.4, -0.2) is 28.9 Å². The van der Waals surface area contributed by atoms with E-state index in [1.165, 1.54) is 0 Å². The first kappa shape index (κ1) is 13.6. The number of hydrogen-bond donors (Lipinski definition) is 0. The number of nitrogens with zero attached hydrogens (tertiary/aromatic N) is 2. The van der Waals surface area contributed by atoms with Gasteiger partial charge in [-0.2, -0.15) is 0 Å². The number of pyridine rings is 1. The van der Waals surface area contributed by atoms with E-state index in [1.807, 2.05) is 42.2 Å². The van der Waals surface area contributed by atoms with E-state index in [9.17, 15) is 4.79 Å². The summed E-state index contributed by atoms with van der Waals surface area (Å²) in [5.74, 6) is 0.981. The van der Waals surface area contributed by atoms with Crippen LogP contribution in [0.5, 0.6) is 5.75 Å². The second kappa shape index (κ2) is 5.95. The molecular formula is C17H18N2O2. The van der Waals surface area contributed by atoms with Crippen molar-refractivity contribution >= 4 is 5.91 Å². The van der Waals surface area contributed by atoms with Crippen LogP contribution >= 0.6 is 0 Å². The number of carbonyl (C=O) groups is 1. The van der Waals surface area contributed by atoms with E-state index in [1.54, 1.807) is 6.20 Å². The van der Waals surface area contributed by atoms with E-state index >= 15 is 0 Å². The molecular weight excluding hydrogens is 264 g/mol. The van der Waals surface area contributed by atoms with Crippen LogP contribution in [0.1, 0.15) is 28.5 Å². The third-order valence-corrected chi connectivity index (χ3v) is 3.67. The third kappa shape index (κ3) is 2.75. The second-order valence-corrected chi connectivity index (χ2v) is 5.02. The Hall–Kier alpha value is -2.36. The summed E-state index contributed by atoms with van der Waals surface area (Å²) in [5.41, 5.74) is 2.74. The maximum absolute atomic E-state index is 12.3. The molecule has 1 aromatic carbocycles. The van der Waals surface area contributed by atoms with Gasteiger partial charge in [0.2, 0.25) is 0 Å². The SMILES string of the molecule is CCOc1ccccc1CCN1Cc2ncccc2C1=O. The second-order valence-electron chi connectivity index (χ2n) is 5.02. The fourth-order valence-electron chi connectivity index (χ4n) is 2.62. The smallest absolute Gasteiger partial charge is 0.256 e. The summed E-state index contributed by atoms with van der Waals surface area (Å²) in [4.78, 5) is 18.4. The molecule has 0 atom stereocenters. The molecule has 0 spiro atoms. The molecule has 0 unspecified atom stereocenters. The molecule has 0 saturated heterocycles. The predicted molar refractivity (Wildman–Crippen MR) is 80.3 cm³/mol. The van der Waals surface area contributed by atoms with Crippen molar-refractivity contribution in [2.24, 2.45) is 0 Å². The van der Waals surface area contributed by atoms with Gasteiger partial charge < -0.3 is 9.64 Å². The molecule has 1 amide bonds. The summed E-state index contributed by atoms with van der Waals surface area (Å²) in [6.07, 6.45) is 2.52. The van der Waals surface area contributed by atoms with Gasteiger partial charge in [-0.25, -0.2) is 0 Å². The fraction of sp³-hybridized carbons (Fsp3) is 0.294. The molecule has 0 aliphatic carbocycles. The molecule has 1 aromatic heterocycles. The number of para-hydroxylation sites is 1. The van der Waals surface area contributed by atoms with E-state index in [4.69, 9.17) is 4.74 Å². The van der Waals surface area contributed by atoms with E-state index in [0.29, 0.717) is 19.7 Å². The van der Waals surface area contributed by atoms with Crippen LogP contribution in [0, 0.1) is 0 Å². The quantitative estimate of drug-likeness (QED) is 0.846. The first-order valence-corrected chi connectivity index (χ1v) is 7.23. The Kier molecular flexibility index (Phi) is 3.86. The zero-order valence-corrected chi connectivity index (χ0v) is 12.1. The summed E-state index contributed by atoms with van der Waals surface area (Å²) in [6, 6.07) is 11.6. The van der Waals surface area contributed by atoms with E-state index in [2.05, 4.69) is 11.1 Å². The number of ether oxygens (including phenoxy) is 1. The Labute approximate surface area is 124 Å². The average molecular weight is 282 g/mol. The van der Waals surface area contributed by atoms with Crippen molar-refractivity contribution in [2.45, 2.75) is 19.9 Å². The molecule has 2 aromatic rings. The Bertz CT molecular complexity index is 655. The number of benzene rings is 1. The third-order valence-electron chi connectivity index (χ3n) is 3.67. The zero-order valence-electron chi connectivity index (χ0n) is 12.1. The molecule has 4 heteroatoms. The molecule has 0 N–H and O–H groups in total. The molecule has 3 rings (SSSR count). The summed E-state index contributed by atoms with van der Waals surface area (Å²) < 4.78 is 5.63. The summed E-state index contributed by atoms with van der Waals surface area (Å²) >= 11 is 0. The van der Waals surface area contributed by atoms with Gasteiger partial charge in [-0.1, -0.05) is 18.2 Å². The number of fused-ring (bicyclic) bond motifs is 1. The lowest BCUT2D eigenvalue weighted by Crippen LogP contribution is -2.26. The van der Waals surface area contributed by atoms with Gasteiger partial charge >= 0.3 is 0 Å². The normalized spacial score (nSPS) is 13.4. The molecule has 1 aliphatic rings. The lowest BCUT2D eigenvalue weighted by atomic mass is 10.1. The maximum Gasteiger partial charge on any atom is 0.256 e. The number of amides is 1.